The zero-order chi connectivity index (χ0) is 30.0. The van der Waals surface area contributed by atoms with Gasteiger partial charge in [0.25, 0.3) is 0 Å². The quantitative estimate of drug-likeness (QED) is 0.106. The summed E-state index contributed by atoms with van der Waals surface area (Å²) in [5, 5.41) is 12.9. The number of nitrogens with zero attached hydrogens (tertiary/aromatic N) is 2. The highest BCUT2D eigenvalue weighted by molar-refractivity contribution is 5.98. The predicted molar refractivity (Wildman–Crippen MR) is 163 cm³/mol. The summed E-state index contributed by atoms with van der Waals surface area (Å²) < 4.78 is 41.4. The van der Waals surface area contributed by atoms with E-state index in [9.17, 15) is 27.6 Å². The van der Waals surface area contributed by atoms with Gasteiger partial charge in [-0.3, -0.25) is 9.59 Å². The summed E-state index contributed by atoms with van der Waals surface area (Å²) in [6, 6.07) is 11.4. The van der Waals surface area contributed by atoms with Crippen LogP contribution in [-0.2, 0) is 20.8 Å². The van der Waals surface area contributed by atoms with Crippen molar-refractivity contribution in [1.82, 2.24) is 15.3 Å². The van der Waals surface area contributed by atoms with Crippen molar-refractivity contribution in [1.29, 1.82) is 0 Å². The molecule has 0 bridgehead atoms. The second-order valence-corrected chi connectivity index (χ2v) is 9.06. The lowest BCUT2D eigenvalue weighted by molar-refractivity contribution is -0.435. The third-order valence-electron chi connectivity index (χ3n) is 6.00. The molecule has 276 valence electrons. The van der Waals surface area contributed by atoms with Gasteiger partial charge in [0.05, 0.1) is 12.7 Å². The number of amides is 3. The lowest BCUT2D eigenvalue weighted by Gasteiger charge is -2.21. The molecule has 3 rings (SSSR count). The SMILES string of the molecule is C.C.C.NCCN(CN)C(=O)CC[C@H](N)C(=O)N[C@H](Cc1ccc(OC(F)(F)F)cc1)C(=O)Nc1cc2ccccc2n[nH+]1.[Cl-].[Cl-].[Cl-].[Cl-]. The number of aromatic amines is 1. The Hall–Kier alpha value is -3.18. The molecule has 12 nitrogen and oxygen atoms in total. The molecule has 0 aliphatic rings. The number of anilines is 1. The molecule has 0 spiro atoms. The van der Waals surface area contributed by atoms with Crippen LogP contribution >= 0.6 is 0 Å². The topological polar surface area (TPSA) is 193 Å². The van der Waals surface area contributed by atoms with Crippen molar-refractivity contribution in [2.45, 2.75) is 60.0 Å². The summed E-state index contributed by atoms with van der Waals surface area (Å²) in [5.41, 5.74) is 18.1. The van der Waals surface area contributed by atoms with Crippen LogP contribution in [0.1, 0.15) is 40.7 Å². The number of H-pyrrole nitrogens is 1. The molecule has 2 atom stereocenters. The normalized spacial score (nSPS) is 11.0. The maximum atomic E-state index is 13.3. The second-order valence-electron chi connectivity index (χ2n) is 9.06. The van der Waals surface area contributed by atoms with Gasteiger partial charge in [-0.15, -0.1) is 18.3 Å². The van der Waals surface area contributed by atoms with Crippen LogP contribution in [0.3, 0.4) is 0 Å². The first-order valence-corrected chi connectivity index (χ1v) is 12.7. The number of hydrogen-bond donors (Lipinski definition) is 5. The molecule has 0 aliphatic heterocycles. The Morgan fingerprint density at radius 3 is 2.10 bits per heavy atom. The molecule has 1 heterocycles. The molecule has 0 saturated heterocycles. The number of carbonyl (C=O) groups excluding carboxylic acids is 3. The number of fused-ring (bicyclic) bond motifs is 1. The highest BCUT2D eigenvalue weighted by atomic mass is 35.5. The van der Waals surface area contributed by atoms with E-state index in [1.54, 1.807) is 30.3 Å². The van der Waals surface area contributed by atoms with Gasteiger partial charge < -0.3 is 81.8 Å². The van der Waals surface area contributed by atoms with Gasteiger partial charge >= 0.3 is 18.1 Å². The van der Waals surface area contributed by atoms with Crippen molar-refractivity contribution in [2.75, 3.05) is 25.1 Å². The van der Waals surface area contributed by atoms with Gasteiger partial charge in [-0.2, -0.15) is 0 Å². The van der Waals surface area contributed by atoms with E-state index in [1.165, 1.54) is 17.0 Å². The number of alkyl halides is 3. The van der Waals surface area contributed by atoms with E-state index in [4.69, 9.17) is 17.2 Å². The molecule has 0 unspecified atom stereocenters. The number of rotatable bonds is 13. The molecule has 3 amide bonds. The van der Waals surface area contributed by atoms with Crippen molar-refractivity contribution >= 4 is 34.4 Å². The minimum Gasteiger partial charge on any atom is -1.00 e. The summed E-state index contributed by atoms with van der Waals surface area (Å²) in [4.78, 5) is 39.8. The minimum atomic E-state index is -4.86. The predicted octanol–water partition coefficient (Wildman–Crippen LogP) is -9.65. The fraction of sp³-hybridized carbons (Fsp3) is 0.414. The number of aromatic nitrogens is 2. The molecule has 19 heteroatoms. The molecule has 3 aromatic rings. The average Bonchev–Trinajstić information content (AvgIpc) is 2.94. The molecular formula is C29H44Cl4F3N8O4-3. The molecule has 0 radical (unpaired) electrons. The summed E-state index contributed by atoms with van der Waals surface area (Å²) in [7, 11) is 0. The molecular weight excluding hydrogens is 723 g/mol. The van der Waals surface area contributed by atoms with Gasteiger partial charge in [-0.1, -0.05) is 57.7 Å². The largest absolute Gasteiger partial charge is 1.00 e. The first-order valence-electron chi connectivity index (χ1n) is 12.7. The number of ether oxygens (including phenoxy) is 1. The van der Waals surface area contributed by atoms with E-state index >= 15 is 0 Å². The maximum absolute atomic E-state index is 13.3. The van der Waals surface area contributed by atoms with E-state index in [-0.39, 0.29) is 123 Å². The summed E-state index contributed by atoms with van der Waals surface area (Å²) in [6.07, 6.45) is -5.04. The maximum Gasteiger partial charge on any atom is 0.573 e. The number of nitrogens with two attached hydrogens (primary N) is 3. The van der Waals surface area contributed by atoms with E-state index < -0.39 is 36.0 Å². The van der Waals surface area contributed by atoms with E-state index in [2.05, 4.69) is 25.6 Å². The molecule has 1 aromatic heterocycles. The minimum absolute atomic E-state index is 0. The first kappa shape index (κ1) is 54.3. The van der Waals surface area contributed by atoms with Crippen LogP contribution in [0.2, 0.25) is 0 Å². The van der Waals surface area contributed by atoms with Crippen molar-refractivity contribution in [2.24, 2.45) is 17.2 Å². The van der Waals surface area contributed by atoms with Crippen molar-refractivity contribution < 1.29 is 87.0 Å². The third kappa shape index (κ3) is 17.3. The number of hydrogen-bond acceptors (Lipinski definition) is 8. The number of nitrogens with one attached hydrogen (secondary N) is 3. The van der Waals surface area contributed by atoms with Gasteiger partial charge in [-0.05, 0) is 30.2 Å². The third-order valence-corrected chi connectivity index (χ3v) is 6.00. The van der Waals surface area contributed by atoms with Crippen LogP contribution in [-0.4, -0.2) is 65.9 Å². The second kappa shape index (κ2) is 25.8. The average molecular weight is 768 g/mol. The Balaban J connectivity index is -0.000000880. The zero-order valence-electron chi connectivity index (χ0n) is 23.5. The lowest BCUT2D eigenvalue weighted by atomic mass is 10.0. The van der Waals surface area contributed by atoms with Crippen molar-refractivity contribution in [3.05, 3.63) is 60.2 Å². The van der Waals surface area contributed by atoms with Crippen LogP contribution in [0.25, 0.3) is 10.9 Å². The van der Waals surface area contributed by atoms with Gasteiger partial charge in [-0.25, -0.2) is 10.1 Å². The summed E-state index contributed by atoms with van der Waals surface area (Å²) in [5.74, 6) is -1.85. The van der Waals surface area contributed by atoms with Gasteiger partial charge in [0.2, 0.25) is 11.8 Å². The molecule has 0 fully saturated rings. The standard InChI is InChI=1S/C26H31F3N8O4.3CH4.4ClH/c27-26(28,29)41-18-7-5-16(6-8-18)13-21(25(40)34-22-14-17-3-1-2-4-20(17)35-36-22)33-24(39)19(32)9-10-23(38)37(15-31)12-11-30;;;;;;;/h1-8,14,19,21H,9-13,15,30-32H2,(H,33,39)(H,34,36,40);3*1H4;4*1H/p-3/t19-,21+;;;;;;;/m0......./s1. The number of halogens is 7. The number of para-hydroxylation sites is 1. The number of benzene rings is 2. The van der Waals surface area contributed by atoms with Crippen molar-refractivity contribution in [3.8, 4) is 5.75 Å². The van der Waals surface area contributed by atoms with Crippen LogP contribution < -0.4 is 87.3 Å². The fourth-order valence-electron chi connectivity index (χ4n) is 3.90. The highest BCUT2D eigenvalue weighted by Crippen LogP contribution is 2.23. The smallest absolute Gasteiger partial charge is 0.573 e. The molecule has 48 heavy (non-hydrogen) atoms. The molecule has 9 N–H and O–H groups in total. The Labute approximate surface area is 304 Å². The highest BCUT2D eigenvalue weighted by Gasteiger charge is 2.31. The van der Waals surface area contributed by atoms with E-state index in [0.717, 1.165) is 17.5 Å². The van der Waals surface area contributed by atoms with Crippen LogP contribution in [0.4, 0.5) is 19.0 Å². The summed E-state index contributed by atoms with van der Waals surface area (Å²) >= 11 is 0. The molecule has 0 saturated carbocycles. The summed E-state index contributed by atoms with van der Waals surface area (Å²) in [6.45, 7) is 0.444. The van der Waals surface area contributed by atoms with E-state index in [0.29, 0.717) is 11.1 Å². The van der Waals surface area contributed by atoms with Gasteiger partial charge in [0, 0.05) is 37.4 Å². The van der Waals surface area contributed by atoms with Crippen LogP contribution in [0.5, 0.6) is 5.75 Å². The molecule has 0 aliphatic carbocycles. The Bertz CT molecular complexity index is 1360. The fourth-order valence-corrected chi connectivity index (χ4v) is 3.90. The lowest BCUT2D eigenvalue weighted by Crippen LogP contribution is -3.00. The Morgan fingerprint density at radius 1 is 0.938 bits per heavy atom. The van der Waals surface area contributed by atoms with Crippen molar-refractivity contribution in [3.63, 3.8) is 0 Å². The zero-order valence-corrected chi connectivity index (χ0v) is 26.5. The van der Waals surface area contributed by atoms with E-state index in [1.807, 2.05) is 0 Å². The van der Waals surface area contributed by atoms with Gasteiger partial charge in [0.1, 0.15) is 17.3 Å². The molecule has 2 aromatic carbocycles. The first-order chi connectivity index (χ1) is 19.5. The number of carbonyl (C=O) groups is 3. The Kier molecular flexibility index (Phi) is 29.2. The Morgan fingerprint density at radius 2 is 1.54 bits per heavy atom. The van der Waals surface area contributed by atoms with Gasteiger partial charge in [0.15, 0.2) is 0 Å². The van der Waals surface area contributed by atoms with Crippen LogP contribution in [0.15, 0.2) is 54.6 Å². The van der Waals surface area contributed by atoms with Crippen LogP contribution in [0, 0.1) is 0 Å². The monoisotopic (exact) mass is 765 g/mol.